The number of ether oxygens (including phenoxy) is 1. The van der Waals surface area contributed by atoms with Crippen molar-refractivity contribution in [1.29, 1.82) is 0 Å². The van der Waals surface area contributed by atoms with E-state index in [0.29, 0.717) is 18.3 Å². The third-order valence-corrected chi connectivity index (χ3v) is 4.18. The van der Waals surface area contributed by atoms with Gasteiger partial charge in [0.15, 0.2) is 5.16 Å². The minimum atomic E-state index is -0.347. The Bertz CT molecular complexity index is 380. The monoisotopic (exact) mass is 286 g/mol. The minimum absolute atomic E-state index is 0.342. The molecule has 6 nitrogen and oxygen atoms in total. The van der Waals surface area contributed by atoms with Gasteiger partial charge in [-0.1, -0.05) is 11.8 Å². The van der Waals surface area contributed by atoms with E-state index in [-0.39, 0.29) is 6.10 Å². The number of aliphatic hydroxyl groups is 1. The molecule has 108 valence electrons. The molecule has 2 heterocycles. The van der Waals surface area contributed by atoms with Crippen molar-refractivity contribution < 1.29 is 9.84 Å². The first-order valence-corrected chi connectivity index (χ1v) is 7.66. The second-order valence-corrected chi connectivity index (χ2v) is 5.98. The number of aliphatic hydroxyl groups excluding tert-OH is 1. The van der Waals surface area contributed by atoms with Crippen LogP contribution in [0.1, 0.15) is 19.9 Å². The van der Waals surface area contributed by atoms with Crippen LogP contribution in [0.3, 0.4) is 0 Å². The van der Waals surface area contributed by atoms with Gasteiger partial charge in [-0.15, -0.1) is 10.2 Å². The van der Waals surface area contributed by atoms with Crippen molar-refractivity contribution in [3.63, 3.8) is 0 Å². The number of thioether (sulfide) groups is 1. The zero-order valence-electron chi connectivity index (χ0n) is 11.5. The van der Waals surface area contributed by atoms with Gasteiger partial charge in [0.2, 0.25) is 0 Å². The maximum absolute atomic E-state index is 10.1. The molecule has 2 rings (SSSR count). The molecular weight excluding hydrogens is 264 g/mol. The molecule has 1 aliphatic heterocycles. The summed E-state index contributed by atoms with van der Waals surface area (Å²) in [7, 11) is 0. The van der Waals surface area contributed by atoms with Gasteiger partial charge in [-0.25, -0.2) is 0 Å². The van der Waals surface area contributed by atoms with Crippen molar-refractivity contribution in [2.24, 2.45) is 0 Å². The Balaban J connectivity index is 1.76. The highest BCUT2D eigenvalue weighted by Gasteiger charge is 2.16. The molecule has 1 unspecified atom stereocenters. The summed E-state index contributed by atoms with van der Waals surface area (Å²) in [5, 5.41) is 18.9. The SMILES string of the molecule is CC(C)n1cnnc1SCC(O)CN1CCOCC1. The lowest BCUT2D eigenvalue weighted by atomic mass is 10.3. The van der Waals surface area contributed by atoms with Crippen LogP contribution in [0.15, 0.2) is 11.5 Å². The minimum Gasteiger partial charge on any atom is -0.391 e. The van der Waals surface area contributed by atoms with Gasteiger partial charge in [-0.2, -0.15) is 0 Å². The highest BCUT2D eigenvalue weighted by atomic mass is 32.2. The lowest BCUT2D eigenvalue weighted by Crippen LogP contribution is -2.41. The normalized spacial score (nSPS) is 18.9. The number of hydrogen-bond acceptors (Lipinski definition) is 6. The first-order chi connectivity index (χ1) is 9.16. The van der Waals surface area contributed by atoms with Gasteiger partial charge in [-0.3, -0.25) is 4.90 Å². The van der Waals surface area contributed by atoms with E-state index in [1.165, 1.54) is 0 Å². The van der Waals surface area contributed by atoms with Gasteiger partial charge in [-0.05, 0) is 13.8 Å². The van der Waals surface area contributed by atoms with E-state index in [0.717, 1.165) is 31.5 Å². The van der Waals surface area contributed by atoms with Gasteiger partial charge in [0, 0.05) is 31.4 Å². The molecule has 0 amide bonds. The molecule has 7 heteroatoms. The molecule has 0 bridgehead atoms. The van der Waals surface area contributed by atoms with Crippen LogP contribution in [0.2, 0.25) is 0 Å². The van der Waals surface area contributed by atoms with Crippen LogP contribution in [0.5, 0.6) is 0 Å². The Morgan fingerprint density at radius 1 is 1.42 bits per heavy atom. The number of hydrogen-bond donors (Lipinski definition) is 1. The lowest BCUT2D eigenvalue weighted by Gasteiger charge is -2.28. The summed E-state index contributed by atoms with van der Waals surface area (Å²) < 4.78 is 7.31. The topological polar surface area (TPSA) is 63.4 Å². The van der Waals surface area contributed by atoms with Crippen molar-refractivity contribution >= 4 is 11.8 Å². The standard InChI is InChI=1S/C12H22N4O2S/c1-10(2)16-9-13-14-12(16)19-8-11(17)7-15-3-5-18-6-4-15/h9-11,17H,3-8H2,1-2H3. The van der Waals surface area contributed by atoms with Crippen LogP contribution >= 0.6 is 11.8 Å². The van der Waals surface area contributed by atoms with E-state index in [9.17, 15) is 5.11 Å². The molecule has 1 aliphatic rings. The summed E-state index contributed by atoms with van der Waals surface area (Å²) in [6.45, 7) is 8.23. The summed E-state index contributed by atoms with van der Waals surface area (Å²) in [6.07, 6.45) is 1.39. The van der Waals surface area contributed by atoms with Crippen LogP contribution in [0.4, 0.5) is 0 Å². The predicted molar refractivity (Wildman–Crippen MR) is 74.4 cm³/mol. The molecule has 0 aromatic carbocycles. The zero-order chi connectivity index (χ0) is 13.7. The Kier molecular flexibility index (Phi) is 5.62. The number of rotatable bonds is 6. The zero-order valence-corrected chi connectivity index (χ0v) is 12.3. The summed E-state index contributed by atoms with van der Waals surface area (Å²) in [4.78, 5) is 2.24. The van der Waals surface area contributed by atoms with E-state index in [4.69, 9.17) is 4.74 Å². The third kappa shape index (κ3) is 4.45. The first kappa shape index (κ1) is 14.8. The average Bonchev–Trinajstić information content (AvgIpc) is 2.86. The molecule has 1 atom stereocenters. The highest BCUT2D eigenvalue weighted by Crippen LogP contribution is 2.19. The van der Waals surface area contributed by atoms with E-state index in [2.05, 4.69) is 28.9 Å². The van der Waals surface area contributed by atoms with E-state index in [1.807, 2.05) is 4.57 Å². The fourth-order valence-electron chi connectivity index (χ4n) is 1.99. The van der Waals surface area contributed by atoms with Gasteiger partial charge in [0.25, 0.3) is 0 Å². The van der Waals surface area contributed by atoms with Gasteiger partial charge >= 0.3 is 0 Å². The molecule has 1 aromatic heterocycles. The van der Waals surface area contributed by atoms with Crippen molar-refractivity contribution in [3.8, 4) is 0 Å². The summed E-state index contributed by atoms with van der Waals surface area (Å²) in [6, 6.07) is 0.342. The van der Waals surface area contributed by atoms with Crippen LogP contribution in [-0.4, -0.2) is 69.5 Å². The number of nitrogens with zero attached hydrogens (tertiary/aromatic N) is 4. The van der Waals surface area contributed by atoms with Crippen molar-refractivity contribution in [3.05, 3.63) is 6.33 Å². The van der Waals surface area contributed by atoms with Crippen LogP contribution < -0.4 is 0 Å². The second-order valence-electron chi connectivity index (χ2n) is 4.99. The number of β-amino-alcohol motifs (C(OH)–C–C–N with tert-alkyl or cyclic N) is 1. The fourth-order valence-corrected chi connectivity index (χ4v) is 2.95. The molecule has 0 radical (unpaired) electrons. The average molecular weight is 286 g/mol. The number of aromatic nitrogens is 3. The summed E-state index contributed by atoms with van der Waals surface area (Å²) >= 11 is 1.56. The molecule has 0 spiro atoms. The quantitative estimate of drug-likeness (QED) is 0.775. The fraction of sp³-hybridized carbons (Fsp3) is 0.833. The van der Waals surface area contributed by atoms with Crippen LogP contribution in [0, 0.1) is 0 Å². The Morgan fingerprint density at radius 2 is 2.16 bits per heavy atom. The molecule has 19 heavy (non-hydrogen) atoms. The molecule has 1 saturated heterocycles. The third-order valence-electron chi connectivity index (χ3n) is 3.07. The van der Waals surface area contributed by atoms with E-state index in [1.54, 1.807) is 18.1 Å². The number of morpholine rings is 1. The smallest absolute Gasteiger partial charge is 0.191 e. The van der Waals surface area contributed by atoms with Gasteiger partial charge in [0.1, 0.15) is 6.33 Å². The highest BCUT2D eigenvalue weighted by molar-refractivity contribution is 7.99. The van der Waals surface area contributed by atoms with Crippen molar-refractivity contribution in [2.45, 2.75) is 31.1 Å². The Hall–Kier alpha value is -0.630. The molecule has 0 saturated carbocycles. The maximum Gasteiger partial charge on any atom is 0.191 e. The predicted octanol–water partition coefficient (Wildman–Crippen LogP) is 0.644. The van der Waals surface area contributed by atoms with Crippen molar-refractivity contribution in [2.75, 3.05) is 38.6 Å². The lowest BCUT2D eigenvalue weighted by molar-refractivity contribution is 0.0188. The van der Waals surface area contributed by atoms with E-state index >= 15 is 0 Å². The molecule has 1 fully saturated rings. The Labute approximate surface area is 118 Å². The Morgan fingerprint density at radius 3 is 2.84 bits per heavy atom. The van der Waals surface area contributed by atoms with E-state index < -0.39 is 0 Å². The van der Waals surface area contributed by atoms with Gasteiger partial charge < -0.3 is 14.4 Å². The largest absolute Gasteiger partial charge is 0.391 e. The molecular formula is C12H22N4O2S. The molecule has 1 aromatic rings. The van der Waals surface area contributed by atoms with Crippen molar-refractivity contribution in [1.82, 2.24) is 19.7 Å². The van der Waals surface area contributed by atoms with Crippen LogP contribution in [-0.2, 0) is 4.74 Å². The van der Waals surface area contributed by atoms with Gasteiger partial charge in [0.05, 0.1) is 19.3 Å². The molecule has 0 aliphatic carbocycles. The summed E-state index contributed by atoms with van der Waals surface area (Å²) in [5.41, 5.74) is 0. The maximum atomic E-state index is 10.1. The summed E-state index contributed by atoms with van der Waals surface area (Å²) in [5.74, 6) is 0.642. The van der Waals surface area contributed by atoms with Crippen LogP contribution in [0.25, 0.3) is 0 Å². The molecule has 1 N–H and O–H groups in total. The second kappa shape index (κ2) is 7.23. The first-order valence-electron chi connectivity index (χ1n) is 6.67.